The Morgan fingerprint density at radius 3 is 2.30 bits per heavy atom. The number of fused-ring (bicyclic) bond motifs is 2. The third kappa shape index (κ3) is 5.23. The van der Waals surface area contributed by atoms with Crippen LogP contribution in [0.1, 0.15) is 75.8 Å². The monoisotopic (exact) mass is 618 g/mol. The molecule has 1 saturated carbocycles. The van der Waals surface area contributed by atoms with Crippen molar-refractivity contribution in [1.29, 1.82) is 0 Å². The van der Waals surface area contributed by atoms with E-state index in [-0.39, 0.29) is 24.7 Å². The van der Waals surface area contributed by atoms with Crippen molar-refractivity contribution >= 4 is 38.6 Å². The van der Waals surface area contributed by atoms with Crippen molar-refractivity contribution in [2.75, 3.05) is 22.9 Å². The molecule has 0 radical (unpaired) electrons. The molecule has 1 aromatic carbocycles. The molecule has 4 fully saturated rings. The lowest BCUT2D eigenvalue weighted by atomic mass is 9.82. The molecule has 2 aromatic heterocycles. The molecule has 7 nitrogen and oxygen atoms in total. The molecule has 0 amide bonds. The van der Waals surface area contributed by atoms with E-state index in [1.165, 1.54) is 43.4 Å². The van der Waals surface area contributed by atoms with Gasteiger partial charge in [0.25, 0.3) is 0 Å². The minimum atomic E-state index is -3.79. The van der Waals surface area contributed by atoms with Gasteiger partial charge in [-0.05, 0) is 68.2 Å². The zero-order valence-electron chi connectivity index (χ0n) is 24.8. The number of anilines is 2. The van der Waals surface area contributed by atoms with E-state index in [0.717, 1.165) is 47.6 Å². The van der Waals surface area contributed by atoms with Crippen molar-refractivity contribution in [3.8, 4) is 10.4 Å². The second-order valence-corrected chi connectivity index (χ2v) is 15.7. The smallest absolute Gasteiger partial charge is 0.245 e. The van der Waals surface area contributed by atoms with E-state index in [9.17, 15) is 13.2 Å². The molecule has 1 aliphatic carbocycles. The first-order valence-corrected chi connectivity index (χ1v) is 18.0. The Kier molecular flexibility index (Phi) is 7.68. The first-order chi connectivity index (χ1) is 20.8. The number of thiophene rings is 1. The van der Waals surface area contributed by atoms with Gasteiger partial charge < -0.3 is 9.80 Å². The Bertz CT molecular complexity index is 1600. The third-order valence-electron chi connectivity index (χ3n) is 10.0. The molecule has 9 heteroatoms. The van der Waals surface area contributed by atoms with E-state index in [4.69, 9.17) is 0 Å². The van der Waals surface area contributed by atoms with E-state index >= 15 is 0 Å². The second-order valence-electron chi connectivity index (χ2n) is 12.7. The lowest BCUT2D eigenvalue weighted by molar-refractivity contribution is 0.102. The van der Waals surface area contributed by atoms with E-state index in [1.807, 2.05) is 24.3 Å². The molecule has 3 saturated heterocycles. The van der Waals surface area contributed by atoms with Gasteiger partial charge in [0.05, 0.1) is 23.2 Å². The summed E-state index contributed by atoms with van der Waals surface area (Å²) in [6, 6.07) is 16.8. The summed E-state index contributed by atoms with van der Waals surface area (Å²) in [6.07, 6.45) is 11.9. The summed E-state index contributed by atoms with van der Waals surface area (Å²) >= 11 is 1.51. The number of aromatic nitrogens is 1. The fraction of sp³-hybridized carbons (Fsp3) is 0.471. The highest BCUT2D eigenvalue weighted by atomic mass is 32.2. The van der Waals surface area contributed by atoms with E-state index in [2.05, 4.69) is 39.6 Å². The maximum absolute atomic E-state index is 14.1. The van der Waals surface area contributed by atoms with Gasteiger partial charge in [0, 0.05) is 43.7 Å². The quantitative estimate of drug-likeness (QED) is 0.258. The van der Waals surface area contributed by atoms with Crippen molar-refractivity contribution in [3.63, 3.8) is 0 Å². The number of carbonyl (C=O) groups is 1. The van der Waals surface area contributed by atoms with E-state index in [1.54, 1.807) is 23.5 Å². The zero-order chi connectivity index (χ0) is 29.7. The molecule has 0 spiro atoms. The van der Waals surface area contributed by atoms with E-state index < -0.39 is 10.0 Å². The Morgan fingerprint density at radius 1 is 0.977 bits per heavy atom. The molecule has 7 rings (SSSR count). The largest absolute Gasteiger partial charge is 0.351 e. The number of hydrogen-bond acceptors (Lipinski definition) is 7. The molecule has 4 aliphatic rings. The zero-order valence-corrected chi connectivity index (χ0v) is 26.5. The standard InChI is InChI=1S/C34H40N4O3S2.H2/c1-23-21-36(43(40,41)29-17-18-33(35-20-29)38-27-13-14-28(38)16-15-27)22-31(25-9-5-3-6-10-25)37(23)30-19-32(42-34(30)24(2)39)26-11-7-4-8-12-26;/h4,7-8,11-12,17-20,25,27-28,31H,1,3,5-6,9-10,13-16,21-22H2,2H3;1H. The number of sulfonamides is 1. The van der Waals surface area contributed by atoms with Crippen molar-refractivity contribution in [2.24, 2.45) is 5.92 Å². The van der Waals surface area contributed by atoms with Crippen LogP contribution in [0.3, 0.4) is 0 Å². The number of Topliss-reactive ketones (excluding diaryl/α,β-unsaturated/α-hetero) is 1. The minimum Gasteiger partial charge on any atom is -0.351 e. The highest BCUT2D eigenvalue weighted by Crippen LogP contribution is 2.44. The summed E-state index contributed by atoms with van der Waals surface area (Å²) in [7, 11) is -3.79. The molecule has 2 bridgehead atoms. The van der Waals surface area contributed by atoms with Crippen LogP contribution in [-0.2, 0) is 10.0 Å². The van der Waals surface area contributed by atoms with Gasteiger partial charge in [-0.3, -0.25) is 4.79 Å². The van der Waals surface area contributed by atoms with Crippen molar-refractivity contribution in [3.05, 3.63) is 71.9 Å². The molecule has 228 valence electrons. The van der Waals surface area contributed by atoms with Gasteiger partial charge in [-0.25, -0.2) is 13.4 Å². The first-order valence-electron chi connectivity index (χ1n) is 15.7. The minimum absolute atomic E-state index is 0. The van der Waals surface area contributed by atoms with Gasteiger partial charge in [0.1, 0.15) is 10.7 Å². The maximum Gasteiger partial charge on any atom is 0.245 e. The predicted molar refractivity (Wildman–Crippen MR) is 175 cm³/mol. The van der Waals surface area contributed by atoms with Crippen LogP contribution in [0.2, 0.25) is 0 Å². The average molecular weight is 619 g/mol. The van der Waals surface area contributed by atoms with Crippen molar-refractivity contribution in [2.45, 2.75) is 87.7 Å². The van der Waals surface area contributed by atoms with Gasteiger partial charge in [-0.2, -0.15) is 4.31 Å². The number of pyridine rings is 1. The van der Waals surface area contributed by atoms with Gasteiger partial charge in [-0.1, -0.05) is 56.2 Å². The molecule has 1 atom stereocenters. The summed E-state index contributed by atoms with van der Waals surface area (Å²) in [4.78, 5) is 24.2. The summed E-state index contributed by atoms with van der Waals surface area (Å²) in [6.45, 7) is 6.59. The maximum atomic E-state index is 14.1. The van der Waals surface area contributed by atoms with Crippen LogP contribution in [0.25, 0.3) is 10.4 Å². The fourth-order valence-corrected chi connectivity index (χ4v) is 10.4. The van der Waals surface area contributed by atoms with Crippen molar-refractivity contribution < 1.29 is 14.6 Å². The SMILES string of the molecule is C=C1CN(S(=O)(=O)c2ccc(N3C4CCC3CC4)nc2)CC(C2CCCCC2)N1c1cc(-c2ccccc2)sc1C(C)=O.[HH]. The average Bonchev–Trinajstić information content (AvgIpc) is 3.77. The van der Waals surface area contributed by atoms with E-state index in [0.29, 0.717) is 35.1 Å². The number of piperazine rings is 1. The van der Waals surface area contributed by atoms with Gasteiger partial charge >= 0.3 is 0 Å². The summed E-state index contributed by atoms with van der Waals surface area (Å²) in [5.41, 5.74) is 2.64. The van der Waals surface area contributed by atoms with Crippen LogP contribution in [0.4, 0.5) is 11.5 Å². The summed E-state index contributed by atoms with van der Waals surface area (Å²) in [5, 5.41) is 0. The van der Waals surface area contributed by atoms with Crippen LogP contribution >= 0.6 is 11.3 Å². The lowest BCUT2D eigenvalue weighted by Crippen LogP contribution is -2.56. The molecule has 0 N–H and O–H groups in total. The first kappa shape index (κ1) is 28.7. The number of hydrogen-bond donors (Lipinski definition) is 0. The Balaban J connectivity index is 0.00000343. The van der Waals surface area contributed by atoms with Crippen LogP contribution < -0.4 is 9.80 Å². The third-order valence-corrected chi connectivity index (χ3v) is 13.1. The van der Waals surface area contributed by atoms with Gasteiger partial charge in [-0.15, -0.1) is 11.3 Å². The molecule has 1 unspecified atom stereocenters. The number of carbonyl (C=O) groups excluding carboxylic acids is 1. The summed E-state index contributed by atoms with van der Waals surface area (Å²) < 4.78 is 29.8. The lowest BCUT2D eigenvalue weighted by Gasteiger charge is -2.47. The molecular weight excluding hydrogens is 577 g/mol. The second kappa shape index (κ2) is 11.5. The summed E-state index contributed by atoms with van der Waals surface area (Å²) in [5.74, 6) is 1.22. The topological polar surface area (TPSA) is 73.8 Å². The van der Waals surface area contributed by atoms with Crippen molar-refractivity contribution in [1.82, 2.24) is 9.29 Å². The number of nitrogens with zero attached hydrogens (tertiary/aromatic N) is 4. The predicted octanol–water partition coefficient (Wildman–Crippen LogP) is 7.36. The normalized spacial score (nSPS) is 25.0. The molecule has 5 heterocycles. The highest BCUT2D eigenvalue weighted by molar-refractivity contribution is 7.89. The molecule has 3 aromatic rings. The highest BCUT2D eigenvalue weighted by Gasteiger charge is 2.43. The number of ketones is 1. The Labute approximate surface area is 260 Å². The van der Waals surface area contributed by atoms with Gasteiger partial charge in [0.2, 0.25) is 10.0 Å². The van der Waals surface area contributed by atoms with Crippen LogP contribution in [-0.4, -0.2) is 54.7 Å². The Hall–Kier alpha value is -3.01. The number of benzene rings is 1. The van der Waals surface area contributed by atoms with Crippen LogP contribution in [0, 0.1) is 5.92 Å². The Morgan fingerprint density at radius 2 is 1.67 bits per heavy atom. The molecule has 3 aliphatic heterocycles. The van der Waals surface area contributed by atoms with Gasteiger partial charge in [0.15, 0.2) is 5.78 Å². The number of rotatable bonds is 7. The van der Waals surface area contributed by atoms with Crippen LogP contribution in [0.5, 0.6) is 0 Å². The molecule has 43 heavy (non-hydrogen) atoms. The fourth-order valence-electron chi connectivity index (χ4n) is 7.95. The van der Waals surface area contributed by atoms with Crippen LogP contribution in [0.15, 0.2) is 71.9 Å². The molecular formula is C34H42N4O3S2.